The molecule has 4 rings (SSSR count). The summed E-state index contributed by atoms with van der Waals surface area (Å²) in [5.41, 5.74) is 7.00. The molecule has 2 heterocycles. The SMILES string of the molecule is CC[C@@H]1CCCCc2ccc3c(c2)[C@@H](CC3)N(C)C(=O)[C@@H]2CCCN(N2)C(=O)[C@H](C)NC(=O)[C@H](C(C)C)NC(=O)[C@@H]1C. The van der Waals surface area contributed by atoms with Crippen molar-refractivity contribution in [3.8, 4) is 0 Å². The van der Waals surface area contributed by atoms with Gasteiger partial charge in [-0.1, -0.05) is 58.7 Å². The molecule has 0 aromatic heterocycles. The van der Waals surface area contributed by atoms with Crippen LogP contribution in [-0.4, -0.2) is 65.3 Å². The number of hydrazine groups is 1. The van der Waals surface area contributed by atoms with E-state index in [1.54, 1.807) is 6.92 Å². The number of fused-ring (bicyclic) bond motifs is 3. The van der Waals surface area contributed by atoms with Crippen LogP contribution in [-0.2, 0) is 32.0 Å². The summed E-state index contributed by atoms with van der Waals surface area (Å²) in [6.07, 6.45) is 8.04. The Labute approximate surface area is 251 Å². The monoisotopic (exact) mass is 581 g/mol. The first-order valence-electron chi connectivity index (χ1n) is 16.1. The highest BCUT2D eigenvalue weighted by Crippen LogP contribution is 2.36. The lowest BCUT2D eigenvalue weighted by Crippen LogP contribution is -2.62. The molecular formula is C33H51N5O4. The quantitative estimate of drug-likeness (QED) is 0.494. The molecule has 4 bridgehead atoms. The van der Waals surface area contributed by atoms with E-state index >= 15 is 0 Å². The summed E-state index contributed by atoms with van der Waals surface area (Å²) in [6.45, 7) is 9.98. The van der Waals surface area contributed by atoms with Crippen LogP contribution in [0.25, 0.3) is 0 Å². The molecule has 1 aliphatic carbocycles. The number of carbonyl (C=O) groups excluding carboxylic acids is 4. The third-order valence-electron chi connectivity index (χ3n) is 9.73. The zero-order valence-electron chi connectivity index (χ0n) is 26.4. The Hall–Kier alpha value is -2.94. The fourth-order valence-corrected chi connectivity index (χ4v) is 6.89. The Balaban J connectivity index is 1.59. The predicted octanol–water partition coefficient (Wildman–Crippen LogP) is 3.66. The van der Waals surface area contributed by atoms with Crippen LogP contribution in [0.1, 0.15) is 102 Å². The maximum Gasteiger partial charge on any atom is 0.258 e. The van der Waals surface area contributed by atoms with Gasteiger partial charge in [0.15, 0.2) is 0 Å². The second-order valence-corrected chi connectivity index (χ2v) is 13.0. The van der Waals surface area contributed by atoms with Gasteiger partial charge >= 0.3 is 0 Å². The molecule has 9 nitrogen and oxygen atoms in total. The summed E-state index contributed by atoms with van der Waals surface area (Å²) in [7, 11) is 1.88. The molecule has 3 N–H and O–H groups in total. The number of amides is 4. The molecule has 1 aromatic rings. The average molecular weight is 582 g/mol. The molecule has 2 aliphatic heterocycles. The van der Waals surface area contributed by atoms with Gasteiger partial charge in [-0.15, -0.1) is 0 Å². The molecule has 232 valence electrons. The van der Waals surface area contributed by atoms with Crippen molar-refractivity contribution in [1.29, 1.82) is 0 Å². The third-order valence-corrected chi connectivity index (χ3v) is 9.73. The van der Waals surface area contributed by atoms with Crippen molar-refractivity contribution in [2.24, 2.45) is 17.8 Å². The first kappa shape index (κ1) is 32.0. The Bertz CT molecular complexity index is 1150. The zero-order valence-corrected chi connectivity index (χ0v) is 26.4. The van der Waals surface area contributed by atoms with Crippen LogP contribution < -0.4 is 16.1 Å². The fourth-order valence-electron chi connectivity index (χ4n) is 6.89. The molecular weight excluding hydrogens is 530 g/mol. The van der Waals surface area contributed by atoms with Crippen LogP contribution in [0.4, 0.5) is 0 Å². The van der Waals surface area contributed by atoms with Crippen molar-refractivity contribution in [3.63, 3.8) is 0 Å². The number of carbonyl (C=O) groups is 4. The maximum atomic E-state index is 13.7. The number of rotatable bonds is 2. The van der Waals surface area contributed by atoms with Crippen molar-refractivity contribution in [3.05, 3.63) is 34.9 Å². The van der Waals surface area contributed by atoms with E-state index in [1.165, 1.54) is 21.7 Å². The molecule has 1 aromatic carbocycles. The molecule has 0 spiro atoms. The molecule has 42 heavy (non-hydrogen) atoms. The summed E-state index contributed by atoms with van der Waals surface area (Å²) in [5, 5.41) is 7.29. The van der Waals surface area contributed by atoms with E-state index in [9.17, 15) is 19.2 Å². The van der Waals surface area contributed by atoms with Crippen molar-refractivity contribution in [2.75, 3.05) is 13.6 Å². The van der Waals surface area contributed by atoms with Crippen LogP contribution >= 0.6 is 0 Å². The van der Waals surface area contributed by atoms with Gasteiger partial charge in [-0.25, -0.2) is 5.43 Å². The highest BCUT2D eigenvalue weighted by molar-refractivity contribution is 5.92. The highest BCUT2D eigenvalue weighted by Gasteiger charge is 2.37. The summed E-state index contributed by atoms with van der Waals surface area (Å²) in [6, 6.07) is 4.70. The highest BCUT2D eigenvalue weighted by atomic mass is 16.2. The lowest BCUT2D eigenvalue weighted by Gasteiger charge is -2.37. The van der Waals surface area contributed by atoms with Crippen LogP contribution in [0.15, 0.2) is 18.2 Å². The summed E-state index contributed by atoms with van der Waals surface area (Å²) in [5.74, 6) is -0.947. The molecule has 4 amide bonds. The standard InChI is InChI=1S/C33H51N5O4/c1-7-24-12-9-8-11-23-14-15-25-16-17-28(26(25)19-23)37(6)33(42)27-13-10-18-38(36-27)32(41)22(5)34-31(40)29(20(2)3)35-30(39)21(24)4/h14-15,19-22,24,27-29,36H,7-13,16-18H2,1-6H3,(H,34,40)(H,35,39)/t21-,22+,24-,27+,28-,29+/m1/s1. The van der Waals surface area contributed by atoms with Gasteiger partial charge in [0.2, 0.25) is 17.7 Å². The van der Waals surface area contributed by atoms with Crippen LogP contribution in [0.5, 0.6) is 0 Å². The molecule has 9 heteroatoms. The van der Waals surface area contributed by atoms with Crippen molar-refractivity contribution in [2.45, 2.75) is 117 Å². The zero-order chi connectivity index (χ0) is 30.6. The average Bonchev–Trinajstić information content (AvgIpc) is 3.41. The number of nitrogens with zero attached hydrogens (tertiary/aromatic N) is 2. The van der Waals surface area contributed by atoms with Gasteiger partial charge in [0, 0.05) is 19.5 Å². The van der Waals surface area contributed by atoms with Crippen LogP contribution in [0.2, 0.25) is 0 Å². The number of aryl methyl sites for hydroxylation is 2. The number of benzene rings is 1. The van der Waals surface area contributed by atoms with Gasteiger partial charge in [0.05, 0.1) is 6.04 Å². The molecule has 1 saturated heterocycles. The smallest absolute Gasteiger partial charge is 0.258 e. The molecule has 0 saturated carbocycles. The maximum absolute atomic E-state index is 13.7. The Morgan fingerprint density at radius 1 is 0.905 bits per heavy atom. The van der Waals surface area contributed by atoms with E-state index in [-0.39, 0.29) is 47.4 Å². The molecule has 0 radical (unpaired) electrons. The van der Waals surface area contributed by atoms with E-state index in [0.29, 0.717) is 19.4 Å². The van der Waals surface area contributed by atoms with Crippen molar-refractivity contribution in [1.82, 2.24) is 26.0 Å². The fraction of sp³-hybridized carbons (Fsp3) is 0.697. The second kappa shape index (κ2) is 14.0. The van der Waals surface area contributed by atoms with Crippen LogP contribution in [0.3, 0.4) is 0 Å². The molecule has 0 unspecified atom stereocenters. The number of hydrogen-bond donors (Lipinski definition) is 3. The van der Waals surface area contributed by atoms with E-state index in [0.717, 1.165) is 44.9 Å². The first-order valence-corrected chi connectivity index (χ1v) is 16.1. The van der Waals surface area contributed by atoms with Gasteiger partial charge in [-0.05, 0) is 80.4 Å². The number of likely N-dealkylation sites (N-methyl/N-ethyl adjacent to an activating group) is 1. The second-order valence-electron chi connectivity index (χ2n) is 13.0. The van der Waals surface area contributed by atoms with Crippen molar-refractivity contribution < 1.29 is 19.2 Å². The van der Waals surface area contributed by atoms with E-state index < -0.39 is 18.1 Å². The Kier molecular flexibility index (Phi) is 10.7. The van der Waals surface area contributed by atoms with Gasteiger partial charge in [0.1, 0.15) is 18.1 Å². The molecule has 1 fully saturated rings. The van der Waals surface area contributed by atoms with E-state index in [2.05, 4.69) is 41.2 Å². The van der Waals surface area contributed by atoms with Gasteiger partial charge in [0.25, 0.3) is 5.91 Å². The Morgan fingerprint density at radius 2 is 1.67 bits per heavy atom. The minimum Gasteiger partial charge on any atom is -0.344 e. The summed E-state index contributed by atoms with van der Waals surface area (Å²) < 4.78 is 0. The minimum atomic E-state index is -0.812. The molecule has 6 atom stereocenters. The first-order chi connectivity index (χ1) is 20.0. The topological polar surface area (TPSA) is 111 Å². The van der Waals surface area contributed by atoms with Gasteiger partial charge in [-0.2, -0.15) is 0 Å². The summed E-state index contributed by atoms with van der Waals surface area (Å²) in [4.78, 5) is 55.6. The number of hydrogen-bond acceptors (Lipinski definition) is 5. The lowest BCUT2D eigenvalue weighted by molar-refractivity contribution is -0.146. The minimum absolute atomic E-state index is 0.0168. The van der Waals surface area contributed by atoms with Gasteiger partial charge in [-0.3, -0.25) is 24.2 Å². The lowest BCUT2D eigenvalue weighted by atomic mass is 9.85. The summed E-state index contributed by atoms with van der Waals surface area (Å²) >= 11 is 0. The largest absolute Gasteiger partial charge is 0.344 e. The van der Waals surface area contributed by atoms with E-state index in [4.69, 9.17) is 0 Å². The van der Waals surface area contributed by atoms with Crippen molar-refractivity contribution >= 4 is 23.6 Å². The third kappa shape index (κ3) is 7.16. The van der Waals surface area contributed by atoms with E-state index in [1.807, 2.05) is 32.7 Å². The molecule has 3 aliphatic rings. The van der Waals surface area contributed by atoms with Gasteiger partial charge < -0.3 is 15.5 Å². The normalized spacial score (nSPS) is 30.5. The van der Waals surface area contributed by atoms with Crippen LogP contribution in [0, 0.1) is 17.8 Å². The number of nitrogens with one attached hydrogen (secondary N) is 3. The Morgan fingerprint density at radius 3 is 2.38 bits per heavy atom. The predicted molar refractivity (Wildman–Crippen MR) is 163 cm³/mol.